The largest absolute Gasteiger partial charge is 0.455 e. The molecule has 10 heteroatoms. The van der Waals surface area contributed by atoms with Crippen molar-refractivity contribution in [2.75, 3.05) is 11.9 Å². The fraction of sp³-hybridized carbons (Fsp3) is 0.176. The Bertz CT molecular complexity index is 876. The van der Waals surface area contributed by atoms with Gasteiger partial charge in [-0.15, -0.1) is 11.3 Å². The molecule has 0 aliphatic rings. The third kappa shape index (κ3) is 6.29. The van der Waals surface area contributed by atoms with Crippen molar-refractivity contribution >= 4 is 45.8 Å². The number of carbonyl (C=O) groups is 3. The van der Waals surface area contributed by atoms with Gasteiger partial charge in [-0.2, -0.15) is 5.26 Å². The predicted molar refractivity (Wildman–Crippen MR) is 100 cm³/mol. The summed E-state index contributed by atoms with van der Waals surface area (Å²) in [6.45, 7) is -0.522. The van der Waals surface area contributed by atoms with Crippen LogP contribution in [0.4, 0.5) is 9.80 Å². The number of primary amides is 1. The van der Waals surface area contributed by atoms with Gasteiger partial charge in [0.1, 0.15) is 11.1 Å². The lowest BCUT2D eigenvalue weighted by atomic mass is 10.0. The number of hydrogen-bond acceptors (Lipinski definition) is 6. The smallest absolute Gasteiger partial charge is 0.312 e. The summed E-state index contributed by atoms with van der Waals surface area (Å²) < 4.78 is 4.94. The number of hydrogen-bond donors (Lipinski definition) is 3. The van der Waals surface area contributed by atoms with E-state index in [1.54, 1.807) is 35.7 Å². The van der Waals surface area contributed by atoms with Crippen LogP contribution >= 0.6 is 22.9 Å². The summed E-state index contributed by atoms with van der Waals surface area (Å²) in [6.07, 6.45) is -0.222. The van der Waals surface area contributed by atoms with Crippen molar-refractivity contribution in [3.8, 4) is 6.07 Å². The molecule has 0 saturated heterocycles. The Morgan fingerprint density at radius 3 is 2.59 bits per heavy atom. The van der Waals surface area contributed by atoms with Crippen LogP contribution in [0.25, 0.3) is 0 Å². The maximum absolute atomic E-state index is 12.0. The van der Waals surface area contributed by atoms with Crippen molar-refractivity contribution in [2.45, 2.75) is 12.5 Å². The van der Waals surface area contributed by atoms with Crippen LogP contribution in [0.15, 0.2) is 35.7 Å². The average Bonchev–Trinajstić information content (AvgIpc) is 3.06. The van der Waals surface area contributed by atoms with E-state index in [0.29, 0.717) is 21.2 Å². The van der Waals surface area contributed by atoms with E-state index >= 15 is 0 Å². The molecule has 0 spiro atoms. The monoisotopic (exact) mass is 406 g/mol. The number of esters is 1. The van der Waals surface area contributed by atoms with E-state index in [1.165, 1.54) is 11.3 Å². The Hall–Kier alpha value is -3.09. The maximum atomic E-state index is 12.0. The average molecular weight is 407 g/mol. The summed E-state index contributed by atoms with van der Waals surface area (Å²) in [5, 5.41) is 16.4. The van der Waals surface area contributed by atoms with Crippen LogP contribution in [0, 0.1) is 11.3 Å². The third-order valence-electron chi connectivity index (χ3n) is 3.36. The summed E-state index contributed by atoms with van der Waals surface area (Å²) in [6, 6.07) is 8.48. The molecule has 8 nitrogen and oxygen atoms in total. The van der Waals surface area contributed by atoms with Crippen molar-refractivity contribution in [1.29, 1.82) is 5.26 Å². The molecule has 0 fully saturated rings. The molecule has 2 aromatic rings. The number of nitrogens with two attached hydrogens (primary N) is 1. The number of benzene rings is 1. The van der Waals surface area contributed by atoms with Gasteiger partial charge in [-0.3, -0.25) is 9.59 Å². The van der Waals surface area contributed by atoms with Gasteiger partial charge in [0.2, 0.25) is 0 Å². The van der Waals surface area contributed by atoms with Gasteiger partial charge in [0.05, 0.1) is 18.0 Å². The van der Waals surface area contributed by atoms with Crippen LogP contribution in [0.2, 0.25) is 5.02 Å². The Balaban J connectivity index is 1.91. The topological polar surface area (TPSA) is 134 Å². The molecular weight excluding hydrogens is 392 g/mol. The van der Waals surface area contributed by atoms with E-state index in [2.05, 4.69) is 10.6 Å². The second-order valence-corrected chi connectivity index (χ2v) is 6.65. The molecule has 0 bridgehead atoms. The van der Waals surface area contributed by atoms with E-state index in [0.717, 1.165) is 0 Å². The van der Waals surface area contributed by atoms with E-state index in [1.807, 2.05) is 6.07 Å². The minimum atomic E-state index is -0.803. The van der Waals surface area contributed by atoms with Crippen LogP contribution in [0.1, 0.15) is 23.6 Å². The first-order valence-electron chi connectivity index (χ1n) is 7.63. The van der Waals surface area contributed by atoms with Crippen LogP contribution < -0.4 is 16.4 Å². The van der Waals surface area contributed by atoms with Gasteiger partial charge in [-0.05, 0) is 29.1 Å². The summed E-state index contributed by atoms with van der Waals surface area (Å²) in [5.41, 5.74) is 6.08. The van der Waals surface area contributed by atoms with Crippen LogP contribution in [-0.2, 0) is 14.3 Å². The van der Waals surface area contributed by atoms with Crippen LogP contribution in [-0.4, -0.2) is 24.5 Å². The van der Waals surface area contributed by atoms with Crippen molar-refractivity contribution < 1.29 is 19.1 Å². The quantitative estimate of drug-likeness (QED) is 0.607. The number of carbonyl (C=O) groups excluding carboxylic acids is 3. The molecule has 2 rings (SSSR count). The molecule has 27 heavy (non-hydrogen) atoms. The molecule has 0 aliphatic carbocycles. The van der Waals surface area contributed by atoms with E-state index in [4.69, 9.17) is 27.3 Å². The molecule has 0 radical (unpaired) electrons. The Morgan fingerprint density at radius 2 is 1.96 bits per heavy atom. The second kappa shape index (κ2) is 9.56. The Morgan fingerprint density at radius 1 is 1.26 bits per heavy atom. The number of ether oxygens (including phenoxy) is 1. The van der Waals surface area contributed by atoms with E-state index in [9.17, 15) is 14.4 Å². The summed E-state index contributed by atoms with van der Waals surface area (Å²) >= 11 is 7.01. The summed E-state index contributed by atoms with van der Waals surface area (Å²) in [7, 11) is 0. The highest BCUT2D eigenvalue weighted by molar-refractivity contribution is 7.14. The lowest BCUT2D eigenvalue weighted by Crippen LogP contribution is -2.35. The van der Waals surface area contributed by atoms with Crippen molar-refractivity contribution in [3.63, 3.8) is 0 Å². The number of anilines is 1. The molecule has 0 aliphatic heterocycles. The fourth-order valence-corrected chi connectivity index (χ4v) is 3.03. The molecule has 1 aromatic heterocycles. The molecule has 4 N–H and O–H groups in total. The van der Waals surface area contributed by atoms with Gasteiger partial charge >= 0.3 is 12.0 Å². The van der Waals surface area contributed by atoms with Gasteiger partial charge in [-0.25, -0.2) is 4.79 Å². The zero-order valence-corrected chi connectivity index (χ0v) is 15.5. The highest BCUT2D eigenvalue weighted by atomic mass is 35.5. The highest BCUT2D eigenvalue weighted by Gasteiger charge is 2.19. The lowest BCUT2D eigenvalue weighted by Gasteiger charge is -2.17. The van der Waals surface area contributed by atoms with Gasteiger partial charge in [0.25, 0.3) is 5.91 Å². The van der Waals surface area contributed by atoms with Gasteiger partial charge in [-0.1, -0.05) is 23.7 Å². The number of nitrogens with zero attached hydrogens (tertiary/aromatic N) is 1. The van der Waals surface area contributed by atoms with E-state index in [-0.39, 0.29) is 6.42 Å². The normalized spacial score (nSPS) is 11.1. The van der Waals surface area contributed by atoms with Gasteiger partial charge < -0.3 is 21.1 Å². The molecule has 0 unspecified atom stereocenters. The Labute approximate surface area is 163 Å². The molecular formula is C17H15ClN4O4S. The van der Waals surface area contributed by atoms with E-state index < -0.39 is 30.6 Å². The highest BCUT2D eigenvalue weighted by Crippen LogP contribution is 2.22. The summed E-state index contributed by atoms with van der Waals surface area (Å²) in [5.74, 6) is -1.28. The van der Waals surface area contributed by atoms with Crippen molar-refractivity contribution in [1.82, 2.24) is 5.32 Å². The zero-order chi connectivity index (χ0) is 19.8. The number of rotatable bonds is 7. The first kappa shape index (κ1) is 20.2. The minimum absolute atomic E-state index is 0.222. The zero-order valence-electron chi connectivity index (χ0n) is 13.9. The number of nitrogens with one attached hydrogen (secondary N) is 2. The van der Waals surface area contributed by atoms with Crippen molar-refractivity contribution in [2.24, 2.45) is 5.73 Å². The van der Waals surface area contributed by atoms with Gasteiger partial charge in [0.15, 0.2) is 6.61 Å². The molecule has 1 heterocycles. The predicted octanol–water partition coefficient (Wildman–Crippen LogP) is 2.55. The number of urea groups is 1. The third-order valence-corrected chi connectivity index (χ3v) is 4.44. The molecule has 1 atom stereocenters. The standard InChI is InChI=1S/C17H15ClN4O4S/c18-12-3-1-10(2-4-12)13(21-17(20)25)7-15(24)26-9-14(23)22-16-11(8-19)5-6-27-16/h1-6,13H,7,9H2,(H,22,23)(H3,20,21,25)/t13-/m0/s1. The van der Waals surface area contributed by atoms with Crippen LogP contribution in [0.5, 0.6) is 0 Å². The molecule has 140 valence electrons. The summed E-state index contributed by atoms with van der Waals surface area (Å²) in [4.78, 5) is 35.1. The maximum Gasteiger partial charge on any atom is 0.312 e. The van der Waals surface area contributed by atoms with Crippen molar-refractivity contribution in [3.05, 3.63) is 51.9 Å². The number of thiophene rings is 1. The van der Waals surface area contributed by atoms with Crippen LogP contribution in [0.3, 0.4) is 0 Å². The number of halogens is 1. The second-order valence-electron chi connectivity index (χ2n) is 5.30. The first-order chi connectivity index (χ1) is 12.9. The SMILES string of the molecule is N#Cc1ccsc1NC(=O)COC(=O)C[C@H](NC(N)=O)c1ccc(Cl)cc1. The Kier molecular flexibility index (Phi) is 7.16. The fourth-order valence-electron chi connectivity index (χ4n) is 2.15. The molecule has 3 amide bonds. The number of nitriles is 1. The molecule has 1 aromatic carbocycles. The lowest BCUT2D eigenvalue weighted by molar-refractivity contribution is -0.147. The minimum Gasteiger partial charge on any atom is -0.455 e. The first-order valence-corrected chi connectivity index (χ1v) is 8.89. The molecule has 0 saturated carbocycles. The van der Waals surface area contributed by atoms with Gasteiger partial charge in [0, 0.05) is 5.02 Å². The number of amides is 3.